The lowest BCUT2D eigenvalue weighted by Gasteiger charge is -2.36. The summed E-state index contributed by atoms with van der Waals surface area (Å²) in [7, 11) is 1.50. The summed E-state index contributed by atoms with van der Waals surface area (Å²) in [5.41, 5.74) is 9.75. The summed E-state index contributed by atoms with van der Waals surface area (Å²) in [5.74, 6) is -0.211. The van der Waals surface area contributed by atoms with Crippen LogP contribution in [-0.2, 0) is 0 Å². The van der Waals surface area contributed by atoms with E-state index in [9.17, 15) is 5.11 Å². The van der Waals surface area contributed by atoms with E-state index in [1.54, 1.807) is 12.1 Å². The fraction of sp³-hybridized carbons (Fsp3) is 0.474. The van der Waals surface area contributed by atoms with E-state index < -0.39 is 0 Å². The van der Waals surface area contributed by atoms with E-state index >= 15 is 0 Å². The van der Waals surface area contributed by atoms with E-state index in [4.69, 9.17) is 5.73 Å². The van der Waals surface area contributed by atoms with Crippen molar-refractivity contribution in [2.75, 3.05) is 20.1 Å². The maximum absolute atomic E-state index is 11.5. The molecule has 3 rings (SSSR count). The van der Waals surface area contributed by atoms with Crippen molar-refractivity contribution in [2.45, 2.75) is 38.1 Å². The minimum Gasteiger partial charge on any atom is -0.859 e. The van der Waals surface area contributed by atoms with Gasteiger partial charge in [0.1, 0.15) is 0 Å². The molecule has 0 bridgehead atoms. The molecule has 0 saturated heterocycles. The molecular formula is C19H25N4O-. The topological polar surface area (TPSA) is 77.0 Å². The molecule has 1 aliphatic heterocycles. The van der Waals surface area contributed by atoms with Gasteiger partial charge >= 0.3 is 0 Å². The van der Waals surface area contributed by atoms with Crippen LogP contribution in [-0.4, -0.2) is 43.2 Å². The average molecular weight is 325 g/mol. The molecule has 0 atom stereocenters. The van der Waals surface area contributed by atoms with Crippen molar-refractivity contribution in [2.24, 2.45) is 15.7 Å². The van der Waals surface area contributed by atoms with Crippen LogP contribution in [0.25, 0.3) is 0 Å². The molecule has 5 heteroatoms. The van der Waals surface area contributed by atoms with Crippen LogP contribution >= 0.6 is 0 Å². The van der Waals surface area contributed by atoms with Crippen LogP contribution in [0, 0.1) is 0 Å². The lowest BCUT2D eigenvalue weighted by molar-refractivity contribution is -0.213. The molecule has 1 aliphatic carbocycles. The summed E-state index contributed by atoms with van der Waals surface area (Å²) in [6.45, 7) is 2.13. The van der Waals surface area contributed by atoms with Gasteiger partial charge in [0.2, 0.25) is 0 Å². The van der Waals surface area contributed by atoms with Gasteiger partial charge in [0.05, 0.1) is 5.69 Å². The molecular weight excluding hydrogens is 300 g/mol. The summed E-state index contributed by atoms with van der Waals surface area (Å²) in [4.78, 5) is 10.8. The molecule has 5 nitrogen and oxygen atoms in total. The quantitative estimate of drug-likeness (QED) is 0.679. The third-order valence-electron chi connectivity index (χ3n) is 5.03. The van der Waals surface area contributed by atoms with Gasteiger partial charge in [0, 0.05) is 38.1 Å². The van der Waals surface area contributed by atoms with Gasteiger partial charge in [-0.25, -0.2) is 0 Å². The molecule has 0 unspecified atom stereocenters. The lowest BCUT2D eigenvalue weighted by Crippen LogP contribution is -2.40. The zero-order valence-electron chi connectivity index (χ0n) is 14.2. The molecule has 0 amide bonds. The highest BCUT2D eigenvalue weighted by atomic mass is 16.3. The second kappa shape index (κ2) is 7.62. The molecule has 0 radical (unpaired) electrons. The fourth-order valence-corrected chi connectivity index (χ4v) is 3.20. The molecule has 1 aromatic rings. The number of aliphatic imine (C=N–C) groups is 2. The zero-order chi connectivity index (χ0) is 16.9. The highest BCUT2D eigenvalue weighted by Crippen LogP contribution is 2.27. The molecule has 1 aromatic carbocycles. The van der Waals surface area contributed by atoms with Crippen LogP contribution in [0.2, 0.25) is 0 Å². The van der Waals surface area contributed by atoms with E-state index in [-0.39, 0.29) is 5.90 Å². The number of hydrogen-bond acceptors (Lipinski definition) is 5. The second-order valence-corrected chi connectivity index (χ2v) is 6.51. The molecule has 1 saturated carbocycles. The summed E-state index contributed by atoms with van der Waals surface area (Å²) in [6, 6.07) is 7.95. The molecule has 1 fully saturated rings. The monoisotopic (exact) mass is 325 g/mol. The Labute approximate surface area is 143 Å². The molecule has 2 N–H and O–H groups in total. The molecule has 128 valence electrons. The van der Waals surface area contributed by atoms with Crippen LogP contribution in [0.15, 0.2) is 45.5 Å². The highest BCUT2D eigenvalue weighted by molar-refractivity contribution is 5.91. The third-order valence-corrected chi connectivity index (χ3v) is 5.03. The van der Waals surface area contributed by atoms with Crippen molar-refractivity contribution in [3.05, 3.63) is 41.1 Å². The van der Waals surface area contributed by atoms with E-state index in [1.807, 2.05) is 18.3 Å². The molecule has 0 aromatic heterocycles. The Morgan fingerprint density at radius 3 is 2.54 bits per heavy atom. The fourth-order valence-electron chi connectivity index (χ4n) is 3.20. The Morgan fingerprint density at radius 1 is 1.21 bits per heavy atom. The van der Waals surface area contributed by atoms with Crippen molar-refractivity contribution < 1.29 is 5.11 Å². The maximum atomic E-state index is 11.5. The van der Waals surface area contributed by atoms with Crippen molar-refractivity contribution in [1.29, 1.82) is 0 Å². The summed E-state index contributed by atoms with van der Waals surface area (Å²) < 4.78 is 0. The van der Waals surface area contributed by atoms with Gasteiger partial charge in [-0.2, -0.15) is 0 Å². The van der Waals surface area contributed by atoms with E-state index in [2.05, 4.69) is 14.9 Å². The van der Waals surface area contributed by atoms with Crippen LogP contribution in [0.1, 0.15) is 37.7 Å². The first-order valence-electron chi connectivity index (χ1n) is 8.67. The first-order valence-corrected chi connectivity index (χ1v) is 8.67. The highest BCUT2D eigenvalue weighted by Gasteiger charge is 2.26. The van der Waals surface area contributed by atoms with E-state index in [0.29, 0.717) is 5.56 Å². The first kappa shape index (κ1) is 16.7. The third kappa shape index (κ3) is 3.85. The number of rotatable bonds is 4. The van der Waals surface area contributed by atoms with E-state index in [1.165, 1.54) is 26.3 Å². The first-order chi connectivity index (χ1) is 11.7. The van der Waals surface area contributed by atoms with E-state index in [0.717, 1.165) is 48.9 Å². The number of hydrogen-bond donors (Lipinski definition) is 1. The largest absolute Gasteiger partial charge is 0.859 e. The molecule has 24 heavy (non-hydrogen) atoms. The average Bonchev–Trinajstić information content (AvgIpc) is 2.74. The Bertz CT molecular complexity index is 656. The minimum absolute atomic E-state index is 0.211. The number of nitrogens with zero attached hydrogens (tertiary/aromatic N) is 3. The van der Waals surface area contributed by atoms with Crippen molar-refractivity contribution in [3.8, 4) is 0 Å². The summed E-state index contributed by atoms with van der Waals surface area (Å²) in [6.07, 6.45) is 7.79. The van der Waals surface area contributed by atoms with Crippen LogP contribution in [0.4, 0.5) is 5.69 Å². The maximum Gasteiger partial charge on any atom is 0.0630 e. The molecule has 2 aliphatic rings. The summed E-state index contributed by atoms with van der Waals surface area (Å²) >= 11 is 0. The SMILES string of the molecule is CN=C([O-])c1ccc(N=CC2=C(N)CCN(C3CCC3)CC2)cc1. The Balaban J connectivity index is 1.64. The van der Waals surface area contributed by atoms with Gasteiger partial charge in [0.25, 0.3) is 0 Å². The van der Waals surface area contributed by atoms with Crippen LogP contribution in [0.5, 0.6) is 0 Å². The van der Waals surface area contributed by atoms with Crippen molar-refractivity contribution in [1.82, 2.24) is 4.90 Å². The van der Waals surface area contributed by atoms with Gasteiger partial charge < -0.3 is 15.8 Å². The predicted molar refractivity (Wildman–Crippen MR) is 96.7 cm³/mol. The Hall–Kier alpha value is -2.14. The molecule has 0 spiro atoms. The van der Waals surface area contributed by atoms with Gasteiger partial charge in [-0.3, -0.25) is 9.89 Å². The minimum atomic E-state index is -0.211. The second-order valence-electron chi connectivity index (χ2n) is 6.51. The Kier molecular flexibility index (Phi) is 5.30. The van der Waals surface area contributed by atoms with Crippen molar-refractivity contribution in [3.63, 3.8) is 0 Å². The van der Waals surface area contributed by atoms with Crippen molar-refractivity contribution >= 4 is 17.8 Å². The van der Waals surface area contributed by atoms with Gasteiger partial charge in [0.15, 0.2) is 0 Å². The lowest BCUT2D eigenvalue weighted by atomic mass is 9.91. The van der Waals surface area contributed by atoms with Gasteiger partial charge in [-0.05, 0) is 54.9 Å². The van der Waals surface area contributed by atoms with Crippen LogP contribution < -0.4 is 10.8 Å². The predicted octanol–water partition coefficient (Wildman–Crippen LogP) is 1.99. The standard InChI is InChI=1S/C19H26N4O/c1-21-19(24)14-5-7-16(8-6-14)22-13-15-9-11-23(12-10-18(15)20)17-3-2-4-17/h5-8,13,17H,2-4,9-12,20H2,1H3,(H,21,24)/p-1. The number of nitrogens with two attached hydrogens (primary N) is 1. The van der Waals surface area contributed by atoms with Gasteiger partial charge in [-0.1, -0.05) is 18.6 Å². The van der Waals surface area contributed by atoms with Crippen LogP contribution in [0.3, 0.4) is 0 Å². The summed E-state index contributed by atoms with van der Waals surface area (Å²) in [5, 5.41) is 11.5. The Morgan fingerprint density at radius 2 is 1.92 bits per heavy atom. The number of benzene rings is 1. The van der Waals surface area contributed by atoms with Gasteiger partial charge in [-0.15, -0.1) is 0 Å². The normalized spacial score (nSPS) is 21.1. The zero-order valence-corrected chi connectivity index (χ0v) is 14.2. The molecule has 1 heterocycles. The smallest absolute Gasteiger partial charge is 0.0630 e.